The highest BCUT2D eigenvalue weighted by Crippen LogP contribution is 2.28. The van der Waals surface area contributed by atoms with E-state index in [1.165, 1.54) is 13.3 Å². The van der Waals surface area contributed by atoms with E-state index in [4.69, 9.17) is 0 Å². The number of anilines is 2. The summed E-state index contributed by atoms with van der Waals surface area (Å²) in [6, 6.07) is 0. The van der Waals surface area contributed by atoms with Crippen LogP contribution >= 0.6 is 0 Å². The largest absolute Gasteiger partial charge is 0.364 e. The van der Waals surface area contributed by atoms with E-state index in [0.717, 1.165) is 0 Å². The van der Waals surface area contributed by atoms with Crippen LogP contribution in [0.25, 0.3) is 0 Å². The molecule has 3 N–H and O–H groups in total. The van der Waals surface area contributed by atoms with Gasteiger partial charge in [0.05, 0.1) is 4.92 Å². The molecule has 0 saturated heterocycles. The summed E-state index contributed by atoms with van der Waals surface area (Å²) >= 11 is 0. The highest BCUT2D eigenvalue weighted by atomic mass is 16.6. The molecule has 0 aliphatic heterocycles. The Morgan fingerprint density at radius 3 is 2.47 bits per heavy atom. The van der Waals surface area contributed by atoms with Gasteiger partial charge in [-0.25, -0.2) is 9.97 Å². The number of carbonyl (C=O) groups is 1. The molecule has 0 aliphatic rings. The first-order valence-electron chi connectivity index (χ1n) is 5.77. The van der Waals surface area contributed by atoms with Crippen molar-refractivity contribution in [2.75, 3.05) is 30.3 Å². The lowest BCUT2D eigenvalue weighted by atomic mass is 10.4. The number of nitro groups is 1. The lowest BCUT2D eigenvalue weighted by molar-refractivity contribution is -0.383. The zero-order chi connectivity index (χ0) is 14.3. The first kappa shape index (κ1) is 14.6. The Hall–Kier alpha value is -2.45. The molecule has 104 valence electrons. The van der Waals surface area contributed by atoms with Crippen molar-refractivity contribution in [2.45, 2.75) is 13.8 Å². The van der Waals surface area contributed by atoms with Crippen LogP contribution in [-0.2, 0) is 4.79 Å². The van der Waals surface area contributed by atoms with Crippen LogP contribution in [0.2, 0.25) is 0 Å². The van der Waals surface area contributed by atoms with Gasteiger partial charge in [-0.15, -0.1) is 0 Å². The molecule has 1 rings (SSSR count). The molecular weight excluding hydrogens is 252 g/mol. The Kier molecular flexibility index (Phi) is 5.45. The van der Waals surface area contributed by atoms with Gasteiger partial charge in [0.15, 0.2) is 0 Å². The van der Waals surface area contributed by atoms with E-state index in [-0.39, 0.29) is 23.2 Å². The van der Waals surface area contributed by atoms with Crippen molar-refractivity contribution in [1.29, 1.82) is 0 Å². The van der Waals surface area contributed by atoms with Gasteiger partial charge in [0.2, 0.25) is 17.5 Å². The predicted octanol–water partition coefficient (Wildman–Crippen LogP) is 0.365. The molecule has 0 radical (unpaired) electrons. The van der Waals surface area contributed by atoms with Gasteiger partial charge < -0.3 is 16.0 Å². The standard InChI is InChI=1S/C10H16N6O3/c1-3-11-9-8(16(18)19)10(15-6-14-9)13-5-4-12-7(2)17/h6H,3-5H2,1-2H3,(H,12,17)(H2,11,13,14,15). The van der Waals surface area contributed by atoms with Gasteiger partial charge in [-0.05, 0) is 6.92 Å². The number of amides is 1. The summed E-state index contributed by atoms with van der Waals surface area (Å²) in [6.45, 7) is 4.42. The van der Waals surface area contributed by atoms with Crippen molar-refractivity contribution < 1.29 is 9.72 Å². The minimum absolute atomic E-state index is 0.126. The normalized spacial score (nSPS) is 9.79. The van der Waals surface area contributed by atoms with Crippen LogP contribution in [-0.4, -0.2) is 40.4 Å². The van der Waals surface area contributed by atoms with E-state index >= 15 is 0 Å². The zero-order valence-corrected chi connectivity index (χ0v) is 10.8. The molecule has 9 heteroatoms. The number of hydrogen-bond acceptors (Lipinski definition) is 7. The summed E-state index contributed by atoms with van der Waals surface area (Å²) < 4.78 is 0. The van der Waals surface area contributed by atoms with Crippen LogP contribution in [0, 0.1) is 10.1 Å². The summed E-state index contributed by atoms with van der Waals surface area (Å²) in [5.41, 5.74) is -0.202. The summed E-state index contributed by atoms with van der Waals surface area (Å²) in [5.74, 6) is 0.137. The Labute approximate surface area is 110 Å². The number of nitrogens with zero attached hydrogens (tertiary/aromatic N) is 3. The van der Waals surface area contributed by atoms with Crippen LogP contribution < -0.4 is 16.0 Å². The summed E-state index contributed by atoms with van der Waals surface area (Å²) in [7, 11) is 0. The third kappa shape index (κ3) is 4.37. The first-order chi connectivity index (χ1) is 9.06. The molecule has 0 unspecified atom stereocenters. The molecule has 1 amide bonds. The van der Waals surface area contributed by atoms with Crippen molar-refractivity contribution in [2.24, 2.45) is 0 Å². The molecule has 0 bridgehead atoms. The van der Waals surface area contributed by atoms with Crippen molar-refractivity contribution in [3.05, 3.63) is 16.4 Å². The number of rotatable bonds is 7. The molecule has 0 atom stereocenters. The van der Waals surface area contributed by atoms with E-state index in [2.05, 4.69) is 25.9 Å². The average molecular weight is 268 g/mol. The lowest BCUT2D eigenvalue weighted by Gasteiger charge is -2.09. The predicted molar refractivity (Wildman–Crippen MR) is 70.0 cm³/mol. The molecule has 1 heterocycles. The maximum Gasteiger partial charge on any atom is 0.353 e. The fraction of sp³-hybridized carbons (Fsp3) is 0.500. The Bertz CT molecular complexity index is 465. The van der Waals surface area contributed by atoms with Crippen molar-refractivity contribution in [3.63, 3.8) is 0 Å². The van der Waals surface area contributed by atoms with Crippen LogP contribution in [0.1, 0.15) is 13.8 Å². The van der Waals surface area contributed by atoms with Gasteiger partial charge in [-0.2, -0.15) is 0 Å². The maximum absolute atomic E-state index is 11.0. The molecule has 9 nitrogen and oxygen atoms in total. The molecule has 19 heavy (non-hydrogen) atoms. The van der Waals surface area contributed by atoms with E-state index in [9.17, 15) is 14.9 Å². The highest BCUT2D eigenvalue weighted by molar-refractivity contribution is 5.73. The number of nitrogens with one attached hydrogen (secondary N) is 3. The second-order valence-corrected chi connectivity index (χ2v) is 3.62. The third-order valence-corrected chi connectivity index (χ3v) is 2.14. The molecule has 1 aromatic heterocycles. The van der Waals surface area contributed by atoms with Crippen molar-refractivity contribution >= 4 is 23.2 Å². The average Bonchev–Trinajstić information content (AvgIpc) is 2.34. The molecule has 0 saturated carbocycles. The monoisotopic (exact) mass is 268 g/mol. The smallest absolute Gasteiger partial charge is 0.353 e. The van der Waals surface area contributed by atoms with Gasteiger partial charge in [0, 0.05) is 26.6 Å². The molecule has 1 aromatic rings. The van der Waals surface area contributed by atoms with E-state index in [0.29, 0.717) is 19.6 Å². The van der Waals surface area contributed by atoms with Gasteiger partial charge in [-0.3, -0.25) is 14.9 Å². The highest BCUT2D eigenvalue weighted by Gasteiger charge is 2.21. The molecule has 0 aromatic carbocycles. The topological polar surface area (TPSA) is 122 Å². The molecule has 0 spiro atoms. The van der Waals surface area contributed by atoms with Crippen LogP contribution in [0.4, 0.5) is 17.3 Å². The van der Waals surface area contributed by atoms with E-state index in [1.807, 2.05) is 6.92 Å². The fourth-order valence-electron chi connectivity index (χ4n) is 1.40. The quantitative estimate of drug-likeness (QED) is 0.371. The minimum Gasteiger partial charge on any atom is -0.364 e. The summed E-state index contributed by atoms with van der Waals surface area (Å²) in [4.78, 5) is 28.9. The lowest BCUT2D eigenvalue weighted by Crippen LogP contribution is -2.26. The SMILES string of the molecule is CCNc1ncnc(NCCNC(C)=O)c1[N+](=O)[O-]. The second kappa shape index (κ2) is 7.09. The van der Waals surface area contributed by atoms with Gasteiger partial charge in [-0.1, -0.05) is 0 Å². The number of aromatic nitrogens is 2. The Morgan fingerprint density at radius 1 is 1.32 bits per heavy atom. The zero-order valence-electron chi connectivity index (χ0n) is 10.8. The summed E-state index contributed by atoms with van der Waals surface area (Å²) in [6.07, 6.45) is 1.24. The van der Waals surface area contributed by atoms with Crippen LogP contribution in [0.15, 0.2) is 6.33 Å². The summed E-state index contributed by atoms with van der Waals surface area (Å²) in [5, 5.41) is 19.2. The van der Waals surface area contributed by atoms with Crippen LogP contribution in [0.5, 0.6) is 0 Å². The molecule has 0 aliphatic carbocycles. The van der Waals surface area contributed by atoms with Crippen LogP contribution in [0.3, 0.4) is 0 Å². The third-order valence-electron chi connectivity index (χ3n) is 2.14. The van der Waals surface area contributed by atoms with Gasteiger partial charge >= 0.3 is 5.69 Å². The minimum atomic E-state index is -0.543. The molecule has 0 fully saturated rings. The van der Waals surface area contributed by atoms with Crippen molar-refractivity contribution in [1.82, 2.24) is 15.3 Å². The molecular formula is C10H16N6O3. The number of carbonyl (C=O) groups excluding carboxylic acids is 1. The Morgan fingerprint density at radius 2 is 1.95 bits per heavy atom. The van der Waals surface area contributed by atoms with Gasteiger partial charge in [0.25, 0.3) is 0 Å². The first-order valence-corrected chi connectivity index (χ1v) is 5.77. The number of hydrogen-bond donors (Lipinski definition) is 3. The van der Waals surface area contributed by atoms with E-state index < -0.39 is 4.92 Å². The Balaban J connectivity index is 2.78. The fourth-order valence-corrected chi connectivity index (χ4v) is 1.40. The second-order valence-electron chi connectivity index (χ2n) is 3.62. The van der Waals surface area contributed by atoms with E-state index in [1.54, 1.807) is 0 Å². The van der Waals surface area contributed by atoms with Crippen molar-refractivity contribution in [3.8, 4) is 0 Å². The maximum atomic E-state index is 11.0. The van der Waals surface area contributed by atoms with Gasteiger partial charge in [0.1, 0.15) is 6.33 Å².